The molecule has 4 nitrogen and oxygen atoms in total. The zero-order valence-corrected chi connectivity index (χ0v) is 8.71. The molecular formula is C9H20N2O2. The molecule has 0 saturated heterocycles. The molecule has 0 amide bonds. The van der Waals surface area contributed by atoms with Gasteiger partial charge in [-0.25, -0.2) is 0 Å². The van der Waals surface area contributed by atoms with Gasteiger partial charge in [-0.2, -0.15) is 0 Å². The van der Waals surface area contributed by atoms with Crippen molar-refractivity contribution in [2.24, 2.45) is 0 Å². The highest BCUT2D eigenvalue weighted by Gasteiger charge is 2.09. The predicted octanol–water partition coefficient (Wildman–Crippen LogP) is 0.391. The highest BCUT2D eigenvalue weighted by atomic mass is 16.4. The summed E-state index contributed by atoms with van der Waals surface area (Å²) in [6.07, 6.45) is 0. The minimum atomic E-state index is -0.792. The van der Waals surface area contributed by atoms with Crippen molar-refractivity contribution in [3.63, 3.8) is 0 Å². The molecule has 0 aromatic heterocycles. The first-order valence-electron chi connectivity index (χ1n) is 4.80. The largest absolute Gasteiger partial charge is 0.480 e. The molecule has 0 fully saturated rings. The number of likely N-dealkylation sites (N-methyl/N-ethyl adjacent to an activating group) is 1. The molecule has 0 bridgehead atoms. The Bertz CT molecular complexity index is 147. The quantitative estimate of drug-likeness (QED) is 0.607. The normalized spacial score (nSPS) is 13.2. The lowest BCUT2D eigenvalue weighted by Crippen LogP contribution is -2.39. The van der Waals surface area contributed by atoms with E-state index in [9.17, 15) is 4.79 Å². The maximum Gasteiger partial charge on any atom is 0.320 e. The van der Waals surface area contributed by atoms with Crippen LogP contribution in [0.1, 0.15) is 20.8 Å². The van der Waals surface area contributed by atoms with Crippen LogP contribution in [0.3, 0.4) is 0 Å². The lowest BCUT2D eigenvalue weighted by atomic mass is 10.3. The van der Waals surface area contributed by atoms with Gasteiger partial charge in [-0.15, -0.1) is 0 Å². The van der Waals surface area contributed by atoms with Crippen LogP contribution in [0, 0.1) is 0 Å². The minimum Gasteiger partial charge on any atom is -0.480 e. The summed E-state index contributed by atoms with van der Waals surface area (Å²) in [6, 6.07) is -0.449. The van der Waals surface area contributed by atoms with E-state index in [1.807, 2.05) is 0 Å². The lowest BCUT2D eigenvalue weighted by molar-refractivity contribution is -0.139. The molecule has 0 spiro atoms. The summed E-state index contributed by atoms with van der Waals surface area (Å²) >= 11 is 0. The molecule has 0 saturated carbocycles. The summed E-state index contributed by atoms with van der Waals surface area (Å²) in [5, 5.41) is 11.5. The van der Waals surface area contributed by atoms with Gasteiger partial charge >= 0.3 is 5.97 Å². The predicted molar refractivity (Wildman–Crippen MR) is 52.9 cm³/mol. The van der Waals surface area contributed by atoms with Crippen LogP contribution < -0.4 is 5.32 Å². The Balaban J connectivity index is 3.48. The van der Waals surface area contributed by atoms with Crippen LogP contribution in [0.4, 0.5) is 0 Å². The van der Waals surface area contributed by atoms with Crippen molar-refractivity contribution in [1.82, 2.24) is 10.2 Å². The van der Waals surface area contributed by atoms with E-state index in [4.69, 9.17) is 5.11 Å². The molecule has 0 heterocycles. The van der Waals surface area contributed by atoms with E-state index in [1.54, 1.807) is 6.92 Å². The van der Waals surface area contributed by atoms with E-state index in [1.165, 1.54) is 0 Å². The Morgan fingerprint density at radius 1 is 1.46 bits per heavy atom. The summed E-state index contributed by atoms with van der Waals surface area (Å²) in [4.78, 5) is 12.7. The number of hydrogen-bond acceptors (Lipinski definition) is 3. The number of nitrogens with one attached hydrogen (secondary N) is 1. The van der Waals surface area contributed by atoms with Crippen LogP contribution in [0.5, 0.6) is 0 Å². The van der Waals surface area contributed by atoms with E-state index >= 15 is 0 Å². The fourth-order valence-corrected chi connectivity index (χ4v) is 1.07. The third-order valence-electron chi connectivity index (χ3n) is 2.14. The van der Waals surface area contributed by atoms with E-state index in [0.29, 0.717) is 0 Å². The zero-order valence-electron chi connectivity index (χ0n) is 8.71. The number of carbonyl (C=O) groups is 1. The van der Waals surface area contributed by atoms with Crippen molar-refractivity contribution in [3.8, 4) is 0 Å². The molecule has 2 N–H and O–H groups in total. The average molecular weight is 188 g/mol. The SMILES string of the molecule is CCN(CC)CCN[C@H](C)C(=O)O. The summed E-state index contributed by atoms with van der Waals surface area (Å²) in [5.74, 6) is -0.792. The maximum absolute atomic E-state index is 10.4. The molecule has 1 atom stereocenters. The smallest absolute Gasteiger partial charge is 0.320 e. The van der Waals surface area contributed by atoms with Crippen LogP contribution in [0.15, 0.2) is 0 Å². The van der Waals surface area contributed by atoms with Crippen LogP contribution in [0.25, 0.3) is 0 Å². The van der Waals surface area contributed by atoms with Crippen LogP contribution in [-0.4, -0.2) is 48.2 Å². The highest BCUT2D eigenvalue weighted by Crippen LogP contribution is 1.86. The van der Waals surface area contributed by atoms with E-state index in [-0.39, 0.29) is 0 Å². The zero-order chi connectivity index (χ0) is 10.3. The topological polar surface area (TPSA) is 52.6 Å². The van der Waals surface area contributed by atoms with Crippen molar-refractivity contribution >= 4 is 5.97 Å². The van der Waals surface area contributed by atoms with Gasteiger partial charge in [-0.05, 0) is 20.0 Å². The average Bonchev–Trinajstić information content (AvgIpc) is 2.12. The van der Waals surface area contributed by atoms with Gasteiger partial charge in [-0.1, -0.05) is 13.8 Å². The molecule has 0 aromatic rings. The van der Waals surface area contributed by atoms with Crippen LogP contribution in [0.2, 0.25) is 0 Å². The summed E-state index contributed by atoms with van der Waals surface area (Å²) in [7, 11) is 0. The Labute approximate surface area is 79.9 Å². The van der Waals surface area contributed by atoms with Gasteiger partial charge in [-0.3, -0.25) is 4.79 Å². The van der Waals surface area contributed by atoms with E-state index in [0.717, 1.165) is 26.2 Å². The third kappa shape index (κ3) is 5.60. The molecule has 4 heteroatoms. The number of nitrogens with zero attached hydrogens (tertiary/aromatic N) is 1. The van der Waals surface area contributed by atoms with Gasteiger partial charge in [0.05, 0.1) is 0 Å². The molecule has 0 unspecified atom stereocenters. The molecule has 0 aliphatic rings. The second kappa shape index (κ2) is 6.86. The van der Waals surface area contributed by atoms with Crippen molar-refractivity contribution in [1.29, 1.82) is 0 Å². The minimum absolute atomic E-state index is 0.449. The highest BCUT2D eigenvalue weighted by molar-refractivity contribution is 5.72. The molecular weight excluding hydrogens is 168 g/mol. The van der Waals surface area contributed by atoms with Gasteiger partial charge in [0, 0.05) is 13.1 Å². The number of rotatable bonds is 7. The van der Waals surface area contributed by atoms with Crippen molar-refractivity contribution < 1.29 is 9.90 Å². The number of aliphatic carboxylic acids is 1. The number of carboxylic acid groups (broad SMARTS) is 1. The Morgan fingerprint density at radius 2 is 2.00 bits per heavy atom. The first kappa shape index (κ1) is 12.4. The van der Waals surface area contributed by atoms with Gasteiger partial charge in [0.25, 0.3) is 0 Å². The lowest BCUT2D eigenvalue weighted by Gasteiger charge is -2.18. The van der Waals surface area contributed by atoms with Crippen molar-refractivity contribution in [3.05, 3.63) is 0 Å². The third-order valence-corrected chi connectivity index (χ3v) is 2.14. The fourth-order valence-electron chi connectivity index (χ4n) is 1.07. The molecule has 0 rings (SSSR count). The molecule has 0 radical (unpaired) electrons. The maximum atomic E-state index is 10.4. The second-order valence-corrected chi connectivity index (χ2v) is 3.04. The van der Waals surface area contributed by atoms with Gasteiger partial charge in [0.1, 0.15) is 6.04 Å². The summed E-state index contributed by atoms with van der Waals surface area (Å²) in [6.45, 7) is 9.53. The van der Waals surface area contributed by atoms with Gasteiger partial charge in [0.15, 0.2) is 0 Å². The van der Waals surface area contributed by atoms with Crippen LogP contribution in [-0.2, 0) is 4.79 Å². The Hall–Kier alpha value is -0.610. The Kier molecular flexibility index (Phi) is 6.54. The molecule has 0 aromatic carbocycles. The van der Waals surface area contributed by atoms with Crippen LogP contribution >= 0.6 is 0 Å². The van der Waals surface area contributed by atoms with Crippen molar-refractivity contribution in [2.75, 3.05) is 26.2 Å². The first-order chi connectivity index (χ1) is 6.11. The monoisotopic (exact) mass is 188 g/mol. The standard InChI is InChI=1S/C9H20N2O2/c1-4-11(5-2)7-6-10-8(3)9(12)13/h8,10H,4-7H2,1-3H3,(H,12,13)/t8-/m1/s1. The van der Waals surface area contributed by atoms with E-state index in [2.05, 4.69) is 24.1 Å². The molecule has 0 aliphatic heterocycles. The molecule has 13 heavy (non-hydrogen) atoms. The van der Waals surface area contributed by atoms with Gasteiger partial charge in [0.2, 0.25) is 0 Å². The summed E-state index contributed by atoms with van der Waals surface area (Å²) < 4.78 is 0. The van der Waals surface area contributed by atoms with E-state index < -0.39 is 12.0 Å². The van der Waals surface area contributed by atoms with Gasteiger partial charge < -0.3 is 15.3 Å². The molecule has 0 aliphatic carbocycles. The Morgan fingerprint density at radius 3 is 2.38 bits per heavy atom. The number of hydrogen-bond donors (Lipinski definition) is 2. The van der Waals surface area contributed by atoms with Crippen molar-refractivity contribution in [2.45, 2.75) is 26.8 Å². The summed E-state index contributed by atoms with van der Waals surface area (Å²) in [5.41, 5.74) is 0. The fraction of sp³-hybridized carbons (Fsp3) is 0.889. The molecule has 78 valence electrons. The second-order valence-electron chi connectivity index (χ2n) is 3.04. The number of carboxylic acids is 1. The first-order valence-corrected chi connectivity index (χ1v) is 4.80.